The Morgan fingerprint density at radius 2 is 1.93 bits per heavy atom. The van der Waals surface area contributed by atoms with Gasteiger partial charge in [-0.25, -0.2) is 18.4 Å². The normalized spacial score (nSPS) is 26.1. The Hall–Kier alpha value is -2.37. The van der Waals surface area contributed by atoms with Crippen LogP contribution >= 0.6 is 0 Å². The Bertz CT molecular complexity index is 1160. The molecular weight excluding hydrogens is 398 g/mol. The number of hydrogen-bond donors (Lipinski definition) is 3. The topological polar surface area (TPSA) is 135 Å². The van der Waals surface area contributed by atoms with E-state index in [4.69, 9.17) is 4.74 Å². The second kappa shape index (κ2) is 7.15. The number of hydrogen-bond acceptors (Lipinski definition) is 8. The molecule has 9 nitrogen and oxygen atoms in total. The predicted octanol–water partition coefficient (Wildman–Crippen LogP) is 0.496. The van der Waals surface area contributed by atoms with Gasteiger partial charge in [0.25, 0.3) is 0 Å². The van der Waals surface area contributed by atoms with Crippen LogP contribution in [0.25, 0.3) is 11.0 Å². The lowest BCUT2D eigenvalue weighted by molar-refractivity contribution is -0.0848. The third kappa shape index (κ3) is 3.43. The maximum Gasteiger partial charge on any atom is 0.175 e. The first-order chi connectivity index (χ1) is 13.7. The quantitative estimate of drug-likeness (QED) is 0.556. The van der Waals surface area contributed by atoms with Crippen LogP contribution in [0.15, 0.2) is 47.8 Å². The minimum Gasteiger partial charge on any atom is -0.387 e. The first-order valence-corrected chi connectivity index (χ1v) is 10.9. The first kappa shape index (κ1) is 19.9. The number of aliphatic hydroxyl groups excluding tert-OH is 3. The van der Waals surface area contributed by atoms with Gasteiger partial charge in [-0.1, -0.05) is 12.1 Å². The van der Waals surface area contributed by atoms with Crippen molar-refractivity contribution in [3.05, 3.63) is 54.1 Å². The van der Waals surface area contributed by atoms with E-state index < -0.39 is 40.5 Å². The summed E-state index contributed by atoms with van der Waals surface area (Å²) in [7, 11) is -3.46. The highest BCUT2D eigenvalue weighted by Gasteiger charge is 2.47. The Morgan fingerprint density at radius 1 is 1.17 bits per heavy atom. The molecule has 3 aromatic rings. The van der Waals surface area contributed by atoms with Crippen LogP contribution < -0.4 is 0 Å². The van der Waals surface area contributed by atoms with E-state index in [-0.39, 0.29) is 10.5 Å². The van der Waals surface area contributed by atoms with Gasteiger partial charge in [-0.3, -0.25) is 0 Å². The van der Waals surface area contributed by atoms with E-state index in [1.54, 1.807) is 16.8 Å². The highest BCUT2D eigenvalue weighted by Crippen LogP contribution is 2.37. The average molecular weight is 419 g/mol. The van der Waals surface area contributed by atoms with Crippen molar-refractivity contribution in [2.45, 2.75) is 42.5 Å². The van der Waals surface area contributed by atoms with Crippen LogP contribution in [0.2, 0.25) is 0 Å². The average Bonchev–Trinajstić information content (AvgIpc) is 3.23. The lowest BCUT2D eigenvalue weighted by Gasteiger charge is -2.22. The number of aromatic nitrogens is 3. The van der Waals surface area contributed by atoms with E-state index in [1.807, 2.05) is 6.92 Å². The SMILES string of the molecule is Cc1ncnc2c1ccn2[C@@H]1O[C@H]([C@H](O)c2cccc(S(C)(=O)=O)c2)[C@@H](O)[C@H]1O. The molecule has 0 unspecified atom stereocenters. The third-order valence-electron chi connectivity index (χ3n) is 5.20. The van der Waals surface area contributed by atoms with Crippen LogP contribution in [0.5, 0.6) is 0 Å². The molecule has 1 fully saturated rings. The van der Waals surface area contributed by atoms with Gasteiger partial charge in [0.15, 0.2) is 16.1 Å². The second-order valence-electron chi connectivity index (χ2n) is 7.18. The largest absolute Gasteiger partial charge is 0.387 e. The van der Waals surface area contributed by atoms with Gasteiger partial charge in [-0.05, 0) is 30.7 Å². The summed E-state index contributed by atoms with van der Waals surface area (Å²) in [6.45, 7) is 1.83. The minimum atomic E-state index is -3.46. The van der Waals surface area contributed by atoms with Crippen molar-refractivity contribution < 1.29 is 28.5 Å². The monoisotopic (exact) mass is 419 g/mol. The molecule has 3 N–H and O–H groups in total. The van der Waals surface area contributed by atoms with Crippen LogP contribution in [-0.2, 0) is 14.6 Å². The molecule has 0 aliphatic carbocycles. The van der Waals surface area contributed by atoms with Crippen molar-refractivity contribution in [1.29, 1.82) is 0 Å². The zero-order chi connectivity index (χ0) is 20.9. The predicted molar refractivity (Wildman–Crippen MR) is 103 cm³/mol. The standard InChI is InChI=1S/C19H21N3O6S/c1-10-13-6-7-22(18(13)21-9-20-10)19-16(25)15(24)17(28-19)14(23)11-4-3-5-12(8-11)29(2,26)27/h3-9,14-17,19,23-25H,1-2H3/t14-,15+,16-,17-,19-/m1/s1. The molecule has 1 saturated heterocycles. The number of sulfone groups is 1. The van der Waals surface area contributed by atoms with Gasteiger partial charge in [-0.2, -0.15) is 0 Å². The smallest absolute Gasteiger partial charge is 0.175 e. The van der Waals surface area contributed by atoms with Crippen LogP contribution in [0, 0.1) is 6.92 Å². The Morgan fingerprint density at radius 3 is 2.66 bits per heavy atom. The van der Waals surface area contributed by atoms with E-state index in [0.29, 0.717) is 5.65 Å². The van der Waals surface area contributed by atoms with E-state index in [2.05, 4.69) is 9.97 Å². The third-order valence-corrected chi connectivity index (χ3v) is 6.31. The maximum atomic E-state index is 11.8. The number of rotatable bonds is 4. The molecule has 29 heavy (non-hydrogen) atoms. The number of aryl methyl sites for hydroxylation is 1. The van der Waals surface area contributed by atoms with Crippen LogP contribution in [-0.4, -0.2) is 62.8 Å². The fraction of sp³-hybridized carbons (Fsp3) is 0.368. The lowest BCUT2D eigenvalue weighted by Crippen LogP contribution is -2.34. The molecule has 1 aliphatic rings. The minimum absolute atomic E-state index is 0.0437. The van der Waals surface area contributed by atoms with Gasteiger partial charge in [0.1, 0.15) is 36.4 Å². The van der Waals surface area contributed by atoms with E-state index in [1.165, 1.54) is 30.6 Å². The van der Waals surface area contributed by atoms with Crippen LogP contribution in [0.4, 0.5) is 0 Å². The number of benzene rings is 1. The van der Waals surface area contributed by atoms with E-state index >= 15 is 0 Å². The van der Waals surface area contributed by atoms with Crippen molar-refractivity contribution in [3.63, 3.8) is 0 Å². The summed E-state index contributed by atoms with van der Waals surface area (Å²) in [6.07, 6.45) is -2.05. The molecule has 1 aliphatic heterocycles. The molecule has 2 aromatic heterocycles. The summed E-state index contributed by atoms with van der Waals surface area (Å²) in [5, 5.41) is 32.6. The molecule has 0 amide bonds. The summed E-state index contributed by atoms with van der Waals surface area (Å²) in [5.74, 6) is 0. The number of nitrogens with zero attached hydrogens (tertiary/aromatic N) is 3. The molecule has 0 spiro atoms. The summed E-state index contributed by atoms with van der Waals surface area (Å²) in [6, 6.07) is 7.58. The molecule has 3 heterocycles. The summed E-state index contributed by atoms with van der Waals surface area (Å²) in [5.41, 5.74) is 1.55. The Labute approximate surface area is 167 Å². The molecule has 0 saturated carbocycles. The molecular formula is C19H21N3O6S. The molecule has 0 radical (unpaired) electrons. The first-order valence-electron chi connectivity index (χ1n) is 8.96. The Balaban J connectivity index is 1.66. The van der Waals surface area contributed by atoms with Gasteiger partial charge in [-0.15, -0.1) is 0 Å². The lowest BCUT2D eigenvalue weighted by atomic mass is 9.99. The fourth-order valence-electron chi connectivity index (χ4n) is 3.60. The number of ether oxygens (including phenoxy) is 1. The van der Waals surface area contributed by atoms with Crippen molar-refractivity contribution in [3.8, 4) is 0 Å². The number of fused-ring (bicyclic) bond motifs is 1. The van der Waals surface area contributed by atoms with Crippen LogP contribution in [0.1, 0.15) is 23.6 Å². The van der Waals surface area contributed by atoms with Gasteiger partial charge in [0.05, 0.1) is 10.6 Å². The highest BCUT2D eigenvalue weighted by atomic mass is 32.2. The molecule has 1 aromatic carbocycles. The zero-order valence-electron chi connectivity index (χ0n) is 15.7. The van der Waals surface area contributed by atoms with Crippen LogP contribution in [0.3, 0.4) is 0 Å². The van der Waals surface area contributed by atoms with Crippen molar-refractivity contribution in [1.82, 2.24) is 14.5 Å². The van der Waals surface area contributed by atoms with Gasteiger partial charge < -0.3 is 24.6 Å². The summed E-state index contributed by atoms with van der Waals surface area (Å²) < 4.78 is 31.0. The molecule has 4 rings (SSSR count). The zero-order valence-corrected chi connectivity index (χ0v) is 16.6. The molecule has 10 heteroatoms. The van der Waals surface area contributed by atoms with E-state index in [0.717, 1.165) is 17.3 Å². The van der Waals surface area contributed by atoms with Gasteiger partial charge in [0, 0.05) is 17.8 Å². The van der Waals surface area contributed by atoms with E-state index in [9.17, 15) is 23.7 Å². The van der Waals surface area contributed by atoms with Crippen molar-refractivity contribution in [2.24, 2.45) is 0 Å². The maximum absolute atomic E-state index is 11.8. The summed E-state index contributed by atoms with van der Waals surface area (Å²) in [4.78, 5) is 8.39. The molecule has 0 bridgehead atoms. The molecule has 154 valence electrons. The van der Waals surface area contributed by atoms with Gasteiger partial charge in [0.2, 0.25) is 0 Å². The number of aliphatic hydroxyl groups is 3. The fourth-order valence-corrected chi connectivity index (χ4v) is 4.27. The summed E-state index contributed by atoms with van der Waals surface area (Å²) >= 11 is 0. The van der Waals surface area contributed by atoms with Crippen molar-refractivity contribution >= 4 is 20.9 Å². The molecule has 5 atom stereocenters. The highest BCUT2D eigenvalue weighted by molar-refractivity contribution is 7.90. The van der Waals surface area contributed by atoms with Gasteiger partial charge >= 0.3 is 0 Å². The van der Waals surface area contributed by atoms with Crippen molar-refractivity contribution in [2.75, 3.05) is 6.26 Å². The second-order valence-corrected chi connectivity index (χ2v) is 9.20. The Kier molecular flexibility index (Phi) is 4.91.